The molecule has 1 N–H and O–H groups in total. The van der Waals surface area contributed by atoms with Crippen molar-refractivity contribution in [2.45, 2.75) is 23.4 Å². The van der Waals surface area contributed by atoms with Crippen molar-refractivity contribution in [3.05, 3.63) is 96.1 Å². The second kappa shape index (κ2) is 9.31. The third-order valence-electron chi connectivity index (χ3n) is 6.22. The lowest BCUT2D eigenvalue weighted by Gasteiger charge is -2.37. The average Bonchev–Trinajstić information content (AvgIpc) is 3.22. The van der Waals surface area contributed by atoms with Crippen LogP contribution in [0.25, 0.3) is 0 Å². The largest absolute Gasteiger partial charge is 0.497 e. The first-order valence-corrected chi connectivity index (χ1v) is 12.2. The molecule has 0 aliphatic carbocycles. The molecule has 1 heterocycles. The average molecular weight is 491 g/mol. The van der Waals surface area contributed by atoms with Gasteiger partial charge in [-0.3, -0.25) is 9.62 Å². The molecule has 0 amide bonds. The number of sulfonamides is 1. The van der Waals surface area contributed by atoms with E-state index in [-0.39, 0.29) is 24.3 Å². The Bertz CT molecular complexity index is 1200. The van der Waals surface area contributed by atoms with Gasteiger partial charge in [-0.2, -0.15) is 13.2 Å². The molecule has 2 unspecified atom stereocenters. The van der Waals surface area contributed by atoms with E-state index in [1.54, 1.807) is 35.2 Å². The van der Waals surface area contributed by atoms with Crippen molar-refractivity contribution in [2.24, 2.45) is 0 Å². The van der Waals surface area contributed by atoms with Crippen molar-refractivity contribution < 1.29 is 26.3 Å². The minimum Gasteiger partial charge on any atom is -0.497 e. The van der Waals surface area contributed by atoms with E-state index in [1.165, 1.54) is 43.5 Å². The number of rotatable bonds is 7. The van der Waals surface area contributed by atoms with Crippen LogP contribution in [0.3, 0.4) is 0 Å². The van der Waals surface area contributed by atoms with Crippen molar-refractivity contribution in [3.8, 4) is 5.75 Å². The molecule has 1 fully saturated rings. The van der Waals surface area contributed by atoms with Crippen LogP contribution in [0.15, 0.2) is 84.9 Å². The van der Waals surface area contributed by atoms with E-state index < -0.39 is 33.4 Å². The van der Waals surface area contributed by atoms with Gasteiger partial charge in [0, 0.05) is 25.3 Å². The van der Waals surface area contributed by atoms with E-state index in [1.807, 2.05) is 18.2 Å². The van der Waals surface area contributed by atoms with Crippen molar-refractivity contribution in [2.75, 3.05) is 24.9 Å². The predicted molar refractivity (Wildman–Crippen MR) is 125 cm³/mol. The topological polar surface area (TPSA) is 58.6 Å². The number of benzene rings is 3. The first-order chi connectivity index (χ1) is 16.2. The summed E-state index contributed by atoms with van der Waals surface area (Å²) in [5.74, 6) is 0.391. The van der Waals surface area contributed by atoms with Crippen LogP contribution >= 0.6 is 0 Å². The molecule has 0 bridgehead atoms. The molecule has 3 aromatic rings. The molecule has 1 aliphatic rings. The summed E-state index contributed by atoms with van der Waals surface area (Å²) >= 11 is 0. The highest BCUT2D eigenvalue weighted by Gasteiger charge is 2.67. The quantitative estimate of drug-likeness (QED) is 0.516. The number of anilines is 1. The van der Waals surface area contributed by atoms with Crippen LogP contribution in [-0.2, 0) is 22.0 Å². The standard InChI is InChI=1S/C25H25F3N2O3S/c1-33-22-14-12-20(13-15-22)24(25(26,27)28)18-30(16-19-8-4-2-5-9-19)17-23(24)34(31,32)29-21-10-6-3-7-11-21/h2-15,23,29H,16-18H2,1H3. The van der Waals surface area contributed by atoms with Crippen LogP contribution in [0.1, 0.15) is 11.1 Å². The molecular weight excluding hydrogens is 465 g/mol. The highest BCUT2D eigenvalue weighted by Crippen LogP contribution is 2.50. The number of methoxy groups -OCH3 is 1. The second-order valence-electron chi connectivity index (χ2n) is 8.35. The number of para-hydroxylation sites is 1. The van der Waals surface area contributed by atoms with Crippen LogP contribution in [-0.4, -0.2) is 44.9 Å². The Labute approximate surface area is 197 Å². The molecule has 34 heavy (non-hydrogen) atoms. The van der Waals surface area contributed by atoms with E-state index in [4.69, 9.17) is 4.74 Å². The van der Waals surface area contributed by atoms with Crippen molar-refractivity contribution >= 4 is 15.7 Å². The SMILES string of the molecule is COc1ccc(C2(C(F)(F)F)CN(Cc3ccccc3)CC2S(=O)(=O)Nc2ccccc2)cc1. The maximum atomic E-state index is 15.0. The van der Waals surface area contributed by atoms with Crippen molar-refractivity contribution in [1.82, 2.24) is 4.90 Å². The third-order valence-corrected chi connectivity index (χ3v) is 8.04. The summed E-state index contributed by atoms with van der Waals surface area (Å²) in [4.78, 5) is 1.56. The molecule has 1 aliphatic heterocycles. The number of likely N-dealkylation sites (tertiary alicyclic amines) is 1. The van der Waals surface area contributed by atoms with Gasteiger partial charge in [-0.1, -0.05) is 60.7 Å². The zero-order valence-electron chi connectivity index (χ0n) is 18.5. The predicted octanol–water partition coefficient (Wildman–Crippen LogP) is 4.82. The van der Waals surface area contributed by atoms with E-state index in [2.05, 4.69) is 4.72 Å². The molecule has 3 aromatic carbocycles. The number of nitrogens with one attached hydrogen (secondary N) is 1. The van der Waals surface area contributed by atoms with Crippen LogP contribution in [0, 0.1) is 0 Å². The highest BCUT2D eigenvalue weighted by molar-refractivity contribution is 7.93. The molecule has 2 atom stereocenters. The Kier molecular flexibility index (Phi) is 6.60. The number of halogens is 3. The molecule has 5 nitrogen and oxygen atoms in total. The summed E-state index contributed by atoms with van der Waals surface area (Å²) < 4.78 is 79.4. The van der Waals surface area contributed by atoms with Gasteiger partial charge in [0.1, 0.15) is 16.4 Å². The maximum absolute atomic E-state index is 15.0. The summed E-state index contributed by atoms with van der Waals surface area (Å²) in [6, 6.07) is 22.5. The zero-order valence-corrected chi connectivity index (χ0v) is 19.3. The lowest BCUT2D eigenvalue weighted by molar-refractivity contribution is -0.186. The number of nitrogens with zero attached hydrogens (tertiary/aromatic N) is 1. The molecule has 180 valence electrons. The first-order valence-electron chi connectivity index (χ1n) is 10.7. The summed E-state index contributed by atoms with van der Waals surface area (Å²) in [5.41, 5.74) is -1.72. The van der Waals surface area contributed by atoms with Gasteiger partial charge < -0.3 is 4.74 Å². The molecule has 0 saturated carbocycles. The fraction of sp³-hybridized carbons (Fsp3) is 0.280. The van der Waals surface area contributed by atoms with Crippen LogP contribution < -0.4 is 9.46 Å². The molecule has 4 rings (SSSR count). The van der Waals surface area contributed by atoms with Gasteiger partial charge in [-0.15, -0.1) is 0 Å². The minimum atomic E-state index is -4.83. The van der Waals surface area contributed by atoms with Gasteiger partial charge in [0.15, 0.2) is 0 Å². The minimum absolute atomic E-state index is 0.111. The number of hydrogen-bond acceptors (Lipinski definition) is 4. The normalized spacial score (nSPS) is 21.4. The van der Waals surface area contributed by atoms with E-state index in [0.29, 0.717) is 5.75 Å². The number of hydrogen-bond donors (Lipinski definition) is 1. The number of ether oxygens (including phenoxy) is 1. The molecule has 9 heteroatoms. The molecule has 1 saturated heterocycles. The van der Waals surface area contributed by atoms with E-state index >= 15 is 0 Å². The molecule has 0 radical (unpaired) electrons. The number of alkyl halides is 3. The maximum Gasteiger partial charge on any atom is 0.401 e. The smallest absolute Gasteiger partial charge is 0.401 e. The van der Waals surface area contributed by atoms with E-state index in [9.17, 15) is 21.6 Å². The third kappa shape index (κ3) is 4.63. The second-order valence-corrected chi connectivity index (χ2v) is 10.2. The van der Waals surface area contributed by atoms with Crippen LogP contribution in [0.5, 0.6) is 5.75 Å². The van der Waals surface area contributed by atoms with Gasteiger partial charge in [0.25, 0.3) is 0 Å². The fourth-order valence-corrected chi connectivity index (χ4v) is 6.47. The highest BCUT2D eigenvalue weighted by atomic mass is 32.2. The summed E-state index contributed by atoms with van der Waals surface area (Å²) in [5, 5.41) is -1.77. The first kappa shape index (κ1) is 24.1. The Morgan fingerprint density at radius 3 is 2.12 bits per heavy atom. The summed E-state index contributed by atoms with van der Waals surface area (Å²) in [6.45, 7) is -0.563. The Balaban J connectivity index is 1.81. The van der Waals surface area contributed by atoms with Crippen LogP contribution in [0.4, 0.5) is 18.9 Å². The van der Waals surface area contributed by atoms with Gasteiger partial charge in [0.05, 0.1) is 7.11 Å². The zero-order chi connectivity index (χ0) is 24.4. The summed E-state index contributed by atoms with van der Waals surface area (Å²) in [6.07, 6.45) is -4.83. The monoisotopic (exact) mass is 490 g/mol. The van der Waals surface area contributed by atoms with Gasteiger partial charge in [-0.05, 0) is 35.4 Å². The Morgan fingerprint density at radius 2 is 1.56 bits per heavy atom. The van der Waals surface area contributed by atoms with E-state index in [0.717, 1.165) is 5.56 Å². The van der Waals surface area contributed by atoms with Gasteiger partial charge in [-0.25, -0.2) is 8.42 Å². The Hall–Kier alpha value is -3.04. The Morgan fingerprint density at radius 1 is 0.971 bits per heavy atom. The van der Waals surface area contributed by atoms with Crippen molar-refractivity contribution in [1.29, 1.82) is 0 Å². The lowest BCUT2D eigenvalue weighted by atomic mass is 9.78. The molecule has 0 aromatic heterocycles. The van der Waals surface area contributed by atoms with Gasteiger partial charge in [0.2, 0.25) is 10.0 Å². The van der Waals surface area contributed by atoms with Gasteiger partial charge >= 0.3 is 6.18 Å². The van der Waals surface area contributed by atoms with Crippen molar-refractivity contribution in [3.63, 3.8) is 0 Å². The molecular formula is C25H25F3N2O3S. The summed E-state index contributed by atoms with van der Waals surface area (Å²) in [7, 11) is -3.02. The van der Waals surface area contributed by atoms with Crippen LogP contribution in [0.2, 0.25) is 0 Å². The lowest BCUT2D eigenvalue weighted by Crippen LogP contribution is -2.55. The fourth-order valence-electron chi connectivity index (χ4n) is 4.58. The molecule has 0 spiro atoms.